The van der Waals surface area contributed by atoms with Crippen molar-refractivity contribution in [3.05, 3.63) is 71.6 Å². The normalized spacial score (nSPS) is 16.1. The van der Waals surface area contributed by atoms with Crippen LogP contribution in [0.15, 0.2) is 57.9 Å². The molecule has 8 heteroatoms. The van der Waals surface area contributed by atoms with Gasteiger partial charge in [0, 0.05) is 30.2 Å². The third-order valence-electron chi connectivity index (χ3n) is 5.08. The number of hydrogen-bond donors (Lipinski definition) is 1. The highest BCUT2D eigenvalue weighted by Crippen LogP contribution is 2.27. The van der Waals surface area contributed by atoms with Gasteiger partial charge in [-0.15, -0.1) is 11.8 Å². The van der Waals surface area contributed by atoms with Crippen LogP contribution in [0.4, 0.5) is 10.1 Å². The second-order valence-electron chi connectivity index (χ2n) is 7.31. The summed E-state index contributed by atoms with van der Waals surface area (Å²) in [6.45, 7) is 4.14. The molecule has 1 aliphatic rings. The molecule has 6 nitrogen and oxygen atoms in total. The van der Waals surface area contributed by atoms with Crippen LogP contribution in [0, 0.1) is 18.7 Å². The first-order valence-corrected chi connectivity index (χ1v) is 10.9. The maximum Gasteiger partial charge on any atom is 0.252 e. The molecule has 2 aromatic carbocycles. The number of aromatic nitrogens is 2. The highest BCUT2D eigenvalue weighted by atomic mass is 32.2. The molecule has 30 heavy (non-hydrogen) atoms. The number of benzene rings is 2. The first-order chi connectivity index (χ1) is 14.6. The Kier molecular flexibility index (Phi) is 6.32. The monoisotopic (exact) mass is 426 g/mol. The van der Waals surface area contributed by atoms with E-state index in [1.807, 2.05) is 24.3 Å². The standard InChI is InChI=1S/C22H23FN4O2S/c1-15-25-21(29-26-15)14-30-20-5-3-2-4-19(20)22(28)24-12-16-10-11-27(13-16)18-8-6-17(23)7-9-18/h2-9,16H,10-14H2,1H3,(H,24,28). The fourth-order valence-corrected chi connectivity index (χ4v) is 4.42. The van der Waals surface area contributed by atoms with Gasteiger partial charge in [-0.25, -0.2) is 4.39 Å². The van der Waals surface area contributed by atoms with E-state index in [2.05, 4.69) is 20.4 Å². The molecule has 4 rings (SSSR count). The van der Waals surface area contributed by atoms with Gasteiger partial charge in [0.25, 0.3) is 5.91 Å². The Morgan fingerprint density at radius 3 is 2.83 bits per heavy atom. The Labute approximate surface area is 178 Å². The van der Waals surface area contributed by atoms with Crippen LogP contribution in [0.2, 0.25) is 0 Å². The van der Waals surface area contributed by atoms with Crippen LogP contribution in [-0.2, 0) is 5.75 Å². The summed E-state index contributed by atoms with van der Waals surface area (Å²) in [4.78, 5) is 20.1. The second kappa shape index (κ2) is 9.30. The molecule has 1 unspecified atom stereocenters. The lowest BCUT2D eigenvalue weighted by Crippen LogP contribution is -2.31. The van der Waals surface area contributed by atoms with Crippen LogP contribution in [-0.4, -0.2) is 35.7 Å². The van der Waals surface area contributed by atoms with Crippen molar-refractivity contribution < 1.29 is 13.7 Å². The molecule has 1 N–H and O–H groups in total. The lowest BCUT2D eigenvalue weighted by atomic mass is 10.1. The smallest absolute Gasteiger partial charge is 0.252 e. The van der Waals surface area contributed by atoms with E-state index in [-0.39, 0.29) is 11.7 Å². The molecule has 0 saturated carbocycles. The topological polar surface area (TPSA) is 71.3 Å². The summed E-state index contributed by atoms with van der Waals surface area (Å²) < 4.78 is 18.3. The molecule has 1 saturated heterocycles. The van der Waals surface area contributed by atoms with Gasteiger partial charge in [-0.05, 0) is 55.7 Å². The predicted octanol–water partition coefficient (Wildman–Crippen LogP) is 4.07. The van der Waals surface area contributed by atoms with E-state index in [1.165, 1.54) is 23.9 Å². The molecule has 0 bridgehead atoms. The Morgan fingerprint density at radius 2 is 2.07 bits per heavy atom. The van der Waals surface area contributed by atoms with Gasteiger partial charge in [0.05, 0.1) is 11.3 Å². The molecule has 3 aromatic rings. The number of thioether (sulfide) groups is 1. The first kappa shape index (κ1) is 20.4. The van der Waals surface area contributed by atoms with Gasteiger partial charge >= 0.3 is 0 Å². The molecule has 0 spiro atoms. The van der Waals surface area contributed by atoms with Crippen molar-refractivity contribution in [1.82, 2.24) is 15.5 Å². The van der Waals surface area contributed by atoms with Gasteiger partial charge in [-0.2, -0.15) is 4.98 Å². The van der Waals surface area contributed by atoms with Gasteiger partial charge < -0.3 is 14.7 Å². The van der Waals surface area contributed by atoms with E-state index >= 15 is 0 Å². The molecule has 1 fully saturated rings. The molecule has 1 aromatic heterocycles. The largest absolute Gasteiger partial charge is 0.371 e. The van der Waals surface area contributed by atoms with E-state index < -0.39 is 0 Å². The number of nitrogens with zero attached hydrogens (tertiary/aromatic N) is 3. The highest BCUT2D eigenvalue weighted by Gasteiger charge is 2.23. The van der Waals surface area contributed by atoms with Crippen molar-refractivity contribution in [3.8, 4) is 0 Å². The number of nitrogens with one attached hydrogen (secondary N) is 1. The maximum atomic E-state index is 13.1. The summed E-state index contributed by atoms with van der Waals surface area (Å²) >= 11 is 1.50. The summed E-state index contributed by atoms with van der Waals surface area (Å²) in [5.41, 5.74) is 1.66. The highest BCUT2D eigenvalue weighted by molar-refractivity contribution is 7.98. The van der Waals surface area contributed by atoms with Crippen LogP contribution < -0.4 is 10.2 Å². The number of anilines is 1. The van der Waals surface area contributed by atoms with Gasteiger partial charge in [-0.3, -0.25) is 4.79 Å². The van der Waals surface area contributed by atoms with Crippen LogP contribution in [0.25, 0.3) is 0 Å². The molecule has 1 amide bonds. The summed E-state index contributed by atoms with van der Waals surface area (Å²) in [6.07, 6.45) is 0.991. The molecule has 156 valence electrons. The van der Waals surface area contributed by atoms with E-state index in [1.54, 1.807) is 19.1 Å². The summed E-state index contributed by atoms with van der Waals surface area (Å²) in [5, 5.41) is 6.87. The van der Waals surface area contributed by atoms with Gasteiger partial charge in [0.2, 0.25) is 5.89 Å². The van der Waals surface area contributed by atoms with Gasteiger partial charge in [0.1, 0.15) is 5.82 Å². The minimum absolute atomic E-state index is 0.0833. The zero-order chi connectivity index (χ0) is 20.9. The summed E-state index contributed by atoms with van der Waals surface area (Å²) in [5.74, 6) is 1.70. The minimum atomic E-state index is -0.229. The number of carbonyl (C=O) groups is 1. The van der Waals surface area contributed by atoms with Crippen molar-refractivity contribution in [2.24, 2.45) is 5.92 Å². The van der Waals surface area contributed by atoms with Crippen LogP contribution in [0.5, 0.6) is 0 Å². The molecular formula is C22H23FN4O2S. The van der Waals surface area contributed by atoms with Crippen molar-refractivity contribution in [3.63, 3.8) is 0 Å². The second-order valence-corrected chi connectivity index (χ2v) is 8.32. The number of rotatable bonds is 7. The summed E-state index contributed by atoms with van der Waals surface area (Å²) in [7, 11) is 0. The number of amides is 1. The maximum absolute atomic E-state index is 13.1. The third kappa shape index (κ3) is 4.99. The van der Waals surface area contributed by atoms with Crippen molar-refractivity contribution in [1.29, 1.82) is 0 Å². The van der Waals surface area contributed by atoms with Crippen LogP contribution >= 0.6 is 11.8 Å². The van der Waals surface area contributed by atoms with E-state index in [9.17, 15) is 9.18 Å². The van der Waals surface area contributed by atoms with Gasteiger partial charge in [0.15, 0.2) is 5.82 Å². The van der Waals surface area contributed by atoms with E-state index in [0.717, 1.165) is 30.1 Å². The van der Waals surface area contributed by atoms with Crippen molar-refractivity contribution in [2.75, 3.05) is 24.5 Å². The quantitative estimate of drug-likeness (QED) is 0.575. The lowest BCUT2D eigenvalue weighted by Gasteiger charge is -2.19. The average Bonchev–Trinajstić information content (AvgIpc) is 3.40. The third-order valence-corrected chi connectivity index (χ3v) is 6.14. The van der Waals surface area contributed by atoms with Crippen molar-refractivity contribution >= 4 is 23.4 Å². The number of carbonyl (C=O) groups excluding carboxylic acids is 1. The molecule has 1 atom stereocenters. The first-order valence-electron chi connectivity index (χ1n) is 9.88. The fraction of sp³-hybridized carbons (Fsp3) is 0.318. The predicted molar refractivity (Wildman–Crippen MR) is 114 cm³/mol. The molecule has 1 aliphatic heterocycles. The molecule has 0 aliphatic carbocycles. The Morgan fingerprint density at radius 1 is 1.27 bits per heavy atom. The Hall–Kier alpha value is -2.87. The van der Waals surface area contributed by atoms with Crippen LogP contribution in [0.3, 0.4) is 0 Å². The van der Waals surface area contributed by atoms with Gasteiger partial charge in [-0.1, -0.05) is 17.3 Å². The SMILES string of the molecule is Cc1noc(CSc2ccccc2C(=O)NCC2CCN(c3ccc(F)cc3)C2)n1. The van der Waals surface area contributed by atoms with E-state index in [0.29, 0.717) is 35.5 Å². The zero-order valence-electron chi connectivity index (χ0n) is 16.7. The number of hydrogen-bond acceptors (Lipinski definition) is 6. The summed E-state index contributed by atoms with van der Waals surface area (Å²) in [6, 6.07) is 14.1. The Bertz CT molecular complexity index is 1010. The lowest BCUT2D eigenvalue weighted by molar-refractivity contribution is 0.0945. The zero-order valence-corrected chi connectivity index (χ0v) is 17.5. The van der Waals surface area contributed by atoms with Crippen molar-refractivity contribution in [2.45, 2.75) is 24.0 Å². The molecular weight excluding hydrogens is 403 g/mol. The number of halogens is 1. The minimum Gasteiger partial charge on any atom is -0.371 e. The number of aryl methyl sites for hydroxylation is 1. The molecule has 0 radical (unpaired) electrons. The fourth-order valence-electron chi connectivity index (χ4n) is 3.54. The molecule has 2 heterocycles. The van der Waals surface area contributed by atoms with E-state index in [4.69, 9.17) is 4.52 Å². The Balaban J connectivity index is 1.31. The average molecular weight is 427 g/mol. The van der Waals surface area contributed by atoms with Crippen LogP contribution in [0.1, 0.15) is 28.5 Å².